The first-order valence-electron chi connectivity index (χ1n) is 7.09. The van der Waals surface area contributed by atoms with Gasteiger partial charge in [0.25, 0.3) is 0 Å². The molecular weight excluding hydrogens is 252 g/mol. The Morgan fingerprint density at radius 1 is 1.45 bits per heavy atom. The Kier molecular flexibility index (Phi) is 4.62. The van der Waals surface area contributed by atoms with Crippen molar-refractivity contribution in [2.45, 2.75) is 32.6 Å². The number of aryl methyl sites for hydroxylation is 1. The summed E-state index contributed by atoms with van der Waals surface area (Å²) in [4.78, 5) is 11.3. The molecule has 106 valence electrons. The predicted octanol–water partition coefficient (Wildman–Crippen LogP) is 3.17. The Morgan fingerprint density at radius 2 is 2.20 bits per heavy atom. The smallest absolute Gasteiger partial charge is 0.306 e. The van der Waals surface area contributed by atoms with Crippen LogP contribution in [0.15, 0.2) is 18.2 Å². The molecule has 0 spiro atoms. The summed E-state index contributed by atoms with van der Waals surface area (Å²) in [5.41, 5.74) is 2.47. The van der Waals surface area contributed by atoms with Gasteiger partial charge in [0.2, 0.25) is 0 Å². The SMILES string of the molecule is Cc1ccc(NCC2CCCCC2C(=O)O)c(C#N)c1. The minimum atomic E-state index is -0.694. The van der Waals surface area contributed by atoms with Crippen molar-refractivity contribution in [2.24, 2.45) is 11.8 Å². The third kappa shape index (κ3) is 3.30. The molecule has 4 nitrogen and oxygen atoms in total. The lowest BCUT2D eigenvalue weighted by atomic mass is 9.79. The number of hydrogen-bond donors (Lipinski definition) is 2. The number of carbonyl (C=O) groups is 1. The number of carboxylic acid groups (broad SMARTS) is 1. The van der Waals surface area contributed by atoms with E-state index in [2.05, 4.69) is 11.4 Å². The minimum Gasteiger partial charge on any atom is -0.481 e. The summed E-state index contributed by atoms with van der Waals surface area (Å²) < 4.78 is 0. The third-order valence-corrected chi connectivity index (χ3v) is 4.08. The van der Waals surface area contributed by atoms with Gasteiger partial charge in [0.05, 0.1) is 17.2 Å². The van der Waals surface area contributed by atoms with Crippen molar-refractivity contribution in [3.8, 4) is 6.07 Å². The maximum Gasteiger partial charge on any atom is 0.306 e. The number of nitrogens with zero attached hydrogens (tertiary/aromatic N) is 1. The van der Waals surface area contributed by atoms with E-state index < -0.39 is 5.97 Å². The third-order valence-electron chi connectivity index (χ3n) is 4.08. The topological polar surface area (TPSA) is 73.1 Å². The van der Waals surface area contributed by atoms with Crippen molar-refractivity contribution >= 4 is 11.7 Å². The van der Waals surface area contributed by atoms with E-state index in [0.29, 0.717) is 12.1 Å². The standard InChI is InChI=1S/C16H20N2O2/c1-11-6-7-15(13(8-11)9-17)18-10-12-4-2-3-5-14(12)16(19)20/h6-8,12,14,18H,2-5,10H2,1H3,(H,19,20). The zero-order chi connectivity index (χ0) is 14.5. The highest BCUT2D eigenvalue weighted by molar-refractivity contribution is 5.70. The Labute approximate surface area is 119 Å². The van der Waals surface area contributed by atoms with E-state index in [1.165, 1.54) is 0 Å². The van der Waals surface area contributed by atoms with Gasteiger partial charge < -0.3 is 10.4 Å². The van der Waals surface area contributed by atoms with Gasteiger partial charge in [-0.25, -0.2) is 0 Å². The number of aliphatic carboxylic acids is 1. The van der Waals surface area contributed by atoms with E-state index in [1.807, 2.05) is 25.1 Å². The van der Waals surface area contributed by atoms with Gasteiger partial charge in [0.1, 0.15) is 6.07 Å². The maximum atomic E-state index is 11.3. The van der Waals surface area contributed by atoms with Gasteiger partial charge in [-0.05, 0) is 43.4 Å². The van der Waals surface area contributed by atoms with Gasteiger partial charge in [-0.15, -0.1) is 0 Å². The summed E-state index contributed by atoms with van der Waals surface area (Å²) in [6.07, 6.45) is 3.80. The molecular formula is C16H20N2O2. The molecule has 2 rings (SSSR count). The van der Waals surface area contributed by atoms with Crippen LogP contribution in [-0.2, 0) is 4.79 Å². The lowest BCUT2D eigenvalue weighted by molar-refractivity contribution is -0.144. The van der Waals surface area contributed by atoms with Crippen molar-refractivity contribution in [1.82, 2.24) is 0 Å². The quantitative estimate of drug-likeness (QED) is 0.883. The lowest BCUT2D eigenvalue weighted by Crippen LogP contribution is -2.31. The van der Waals surface area contributed by atoms with Crippen LogP contribution < -0.4 is 5.32 Å². The minimum absolute atomic E-state index is 0.147. The summed E-state index contributed by atoms with van der Waals surface area (Å²) in [5.74, 6) is -0.803. The number of anilines is 1. The van der Waals surface area contributed by atoms with Gasteiger partial charge in [-0.2, -0.15) is 5.26 Å². The summed E-state index contributed by atoms with van der Waals surface area (Å²) in [7, 11) is 0. The normalized spacial score (nSPS) is 22.0. The summed E-state index contributed by atoms with van der Waals surface area (Å²) in [6.45, 7) is 2.57. The molecule has 0 bridgehead atoms. The van der Waals surface area contributed by atoms with Gasteiger partial charge in [0.15, 0.2) is 0 Å². The van der Waals surface area contributed by atoms with Gasteiger partial charge in [-0.1, -0.05) is 18.9 Å². The van der Waals surface area contributed by atoms with E-state index in [9.17, 15) is 9.90 Å². The molecule has 2 atom stereocenters. The Bertz CT molecular complexity index is 534. The fourth-order valence-electron chi connectivity index (χ4n) is 2.92. The highest BCUT2D eigenvalue weighted by atomic mass is 16.4. The highest BCUT2D eigenvalue weighted by Gasteiger charge is 2.30. The van der Waals surface area contributed by atoms with Gasteiger partial charge >= 0.3 is 5.97 Å². The van der Waals surface area contributed by atoms with E-state index in [1.54, 1.807) is 0 Å². The fraction of sp³-hybridized carbons (Fsp3) is 0.500. The molecule has 1 aromatic carbocycles. The van der Waals surface area contributed by atoms with Crippen LogP contribution in [0.25, 0.3) is 0 Å². The van der Waals surface area contributed by atoms with Crippen molar-refractivity contribution in [3.05, 3.63) is 29.3 Å². The van der Waals surface area contributed by atoms with Crippen molar-refractivity contribution in [2.75, 3.05) is 11.9 Å². The molecule has 1 saturated carbocycles. The molecule has 4 heteroatoms. The zero-order valence-electron chi connectivity index (χ0n) is 11.7. The molecule has 2 N–H and O–H groups in total. The van der Waals surface area contributed by atoms with E-state index in [4.69, 9.17) is 5.26 Å². The van der Waals surface area contributed by atoms with Crippen molar-refractivity contribution < 1.29 is 9.90 Å². The molecule has 0 heterocycles. The first-order valence-corrected chi connectivity index (χ1v) is 7.09. The fourth-order valence-corrected chi connectivity index (χ4v) is 2.92. The Hall–Kier alpha value is -2.02. The molecule has 0 aliphatic heterocycles. The van der Waals surface area contributed by atoms with E-state index in [0.717, 1.165) is 36.9 Å². The number of carboxylic acids is 1. The molecule has 1 aliphatic rings. The van der Waals surface area contributed by atoms with E-state index in [-0.39, 0.29) is 11.8 Å². The number of nitrogens with one attached hydrogen (secondary N) is 1. The van der Waals surface area contributed by atoms with Crippen LogP contribution >= 0.6 is 0 Å². The molecule has 1 fully saturated rings. The van der Waals surface area contributed by atoms with Crippen LogP contribution in [0.2, 0.25) is 0 Å². The summed E-state index contributed by atoms with van der Waals surface area (Å²) in [5, 5.41) is 21.7. The highest BCUT2D eigenvalue weighted by Crippen LogP contribution is 2.30. The maximum absolute atomic E-state index is 11.3. The summed E-state index contributed by atoms with van der Waals surface area (Å²) >= 11 is 0. The molecule has 0 radical (unpaired) electrons. The average Bonchev–Trinajstić information content (AvgIpc) is 2.46. The van der Waals surface area contributed by atoms with Crippen molar-refractivity contribution in [1.29, 1.82) is 5.26 Å². The summed E-state index contributed by atoms with van der Waals surface area (Å²) in [6, 6.07) is 7.88. The first kappa shape index (κ1) is 14.4. The average molecular weight is 272 g/mol. The molecule has 0 aromatic heterocycles. The van der Waals surface area contributed by atoms with Crippen LogP contribution in [0.5, 0.6) is 0 Å². The van der Waals surface area contributed by atoms with E-state index >= 15 is 0 Å². The predicted molar refractivity (Wildman–Crippen MR) is 77.5 cm³/mol. The van der Waals surface area contributed by atoms with Crippen LogP contribution in [-0.4, -0.2) is 17.6 Å². The molecule has 1 aliphatic carbocycles. The number of hydrogen-bond acceptors (Lipinski definition) is 3. The zero-order valence-corrected chi connectivity index (χ0v) is 11.7. The Morgan fingerprint density at radius 3 is 2.90 bits per heavy atom. The number of nitriles is 1. The number of rotatable bonds is 4. The largest absolute Gasteiger partial charge is 0.481 e. The first-order chi connectivity index (χ1) is 9.61. The second-order valence-electron chi connectivity index (χ2n) is 5.53. The second-order valence-corrected chi connectivity index (χ2v) is 5.53. The molecule has 0 saturated heterocycles. The molecule has 1 aromatic rings. The Balaban J connectivity index is 2.04. The second kappa shape index (κ2) is 6.42. The van der Waals surface area contributed by atoms with Gasteiger partial charge in [0, 0.05) is 6.54 Å². The van der Waals surface area contributed by atoms with Crippen LogP contribution in [0.3, 0.4) is 0 Å². The van der Waals surface area contributed by atoms with Crippen molar-refractivity contribution in [3.63, 3.8) is 0 Å². The van der Waals surface area contributed by atoms with Crippen LogP contribution in [0.4, 0.5) is 5.69 Å². The molecule has 20 heavy (non-hydrogen) atoms. The van der Waals surface area contributed by atoms with Crippen LogP contribution in [0.1, 0.15) is 36.8 Å². The van der Waals surface area contributed by atoms with Gasteiger partial charge in [-0.3, -0.25) is 4.79 Å². The monoisotopic (exact) mass is 272 g/mol. The lowest BCUT2D eigenvalue weighted by Gasteiger charge is -2.29. The molecule has 2 unspecified atom stereocenters. The molecule has 0 amide bonds. The van der Waals surface area contributed by atoms with Crippen LogP contribution in [0, 0.1) is 30.1 Å². The number of benzene rings is 1.